The first-order chi connectivity index (χ1) is 15.0. The van der Waals surface area contributed by atoms with E-state index in [9.17, 15) is 4.79 Å². The van der Waals surface area contributed by atoms with Gasteiger partial charge in [0.2, 0.25) is 5.91 Å². The Balaban J connectivity index is 1.40. The lowest BCUT2D eigenvalue weighted by molar-refractivity contribution is -0.111. The molecule has 0 atom stereocenters. The Bertz CT molecular complexity index is 1110. The van der Waals surface area contributed by atoms with Crippen LogP contribution < -0.4 is 14.8 Å². The lowest BCUT2D eigenvalue weighted by atomic mass is 10.1. The zero-order chi connectivity index (χ0) is 21.8. The Morgan fingerprint density at radius 3 is 2.74 bits per heavy atom. The first-order valence-corrected chi connectivity index (χ1v) is 10.4. The van der Waals surface area contributed by atoms with Crippen LogP contribution in [0.5, 0.6) is 11.5 Å². The third-order valence-corrected chi connectivity index (χ3v) is 5.53. The number of amides is 1. The molecule has 0 fully saturated rings. The van der Waals surface area contributed by atoms with Crippen LogP contribution in [0.15, 0.2) is 47.0 Å². The predicted molar refractivity (Wildman–Crippen MR) is 119 cm³/mol. The van der Waals surface area contributed by atoms with E-state index in [2.05, 4.69) is 22.6 Å². The molecule has 2 aromatic carbocycles. The Morgan fingerprint density at radius 2 is 1.97 bits per heavy atom. The summed E-state index contributed by atoms with van der Waals surface area (Å²) in [7, 11) is 1.59. The molecule has 0 saturated carbocycles. The molecule has 0 bridgehead atoms. The molecule has 1 aromatic heterocycles. The SMILES string of the molecule is COc1cc(C=CC(=O)Nc2ccc3c(c2)CCC3)ccc1OCc1c(C)noc1C. The van der Waals surface area contributed by atoms with E-state index in [-0.39, 0.29) is 5.91 Å². The number of carbonyl (C=O) groups excluding carboxylic acids is 1. The fourth-order valence-corrected chi connectivity index (χ4v) is 3.77. The number of carbonyl (C=O) groups is 1. The molecule has 1 amide bonds. The summed E-state index contributed by atoms with van der Waals surface area (Å²) in [4.78, 5) is 12.3. The standard InChI is InChI=1S/C25H26N2O4/c1-16-22(17(2)31-27-16)15-30-23-11-7-18(13-24(23)29-3)8-12-25(28)26-21-10-9-19-5-4-6-20(19)14-21/h7-14H,4-6,15H2,1-3H3,(H,26,28). The van der Waals surface area contributed by atoms with Gasteiger partial charge in [0, 0.05) is 11.8 Å². The first-order valence-electron chi connectivity index (χ1n) is 10.4. The molecule has 0 saturated heterocycles. The smallest absolute Gasteiger partial charge is 0.248 e. The van der Waals surface area contributed by atoms with Gasteiger partial charge < -0.3 is 19.3 Å². The van der Waals surface area contributed by atoms with Crippen LogP contribution in [-0.4, -0.2) is 18.2 Å². The number of nitrogens with one attached hydrogen (secondary N) is 1. The molecular weight excluding hydrogens is 392 g/mol. The Hall–Kier alpha value is -3.54. The summed E-state index contributed by atoms with van der Waals surface area (Å²) in [5.74, 6) is 1.77. The van der Waals surface area contributed by atoms with E-state index in [0.29, 0.717) is 18.1 Å². The van der Waals surface area contributed by atoms with Crippen molar-refractivity contribution in [2.45, 2.75) is 39.7 Å². The number of methoxy groups -OCH3 is 1. The van der Waals surface area contributed by atoms with Crippen molar-refractivity contribution in [3.8, 4) is 11.5 Å². The van der Waals surface area contributed by atoms with Crippen LogP contribution in [0.3, 0.4) is 0 Å². The molecule has 1 aliphatic rings. The number of rotatable bonds is 7. The van der Waals surface area contributed by atoms with Crippen LogP contribution in [0.4, 0.5) is 5.69 Å². The van der Waals surface area contributed by atoms with Gasteiger partial charge in [-0.2, -0.15) is 0 Å². The van der Waals surface area contributed by atoms with E-state index >= 15 is 0 Å². The summed E-state index contributed by atoms with van der Waals surface area (Å²) in [5.41, 5.74) is 6.12. The Kier molecular flexibility index (Phi) is 6.07. The van der Waals surface area contributed by atoms with Crippen molar-refractivity contribution >= 4 is 17.7 Å². The van der Waals surface area contributed by atoms with Gasteiger partial charge in [0.1, 0.15) is 12.4 Å². The molecule has 6 heteroatoms. The van der Waals surface area contributed by atoms with Crippen molar-refractivity contribution in [1.82, 2.24) is 5.16 Å². The molecule has 1 heterocycles. The molecule has 0 unspecified atom stereocenters. The van der Waals surface area contributed by atoms with Crippen LogP contribution >= 0.6 is 0 Å². The highest BCUT2D eigenvalue weighted by molar-refractivity contribution is 6.02. The highest BCUT2D eigenvalue weighted by atomic mass is 16.5. The molecule has 4 rings (SSSR count). The second-order valence-electron chi connectivity index (χ2n) is 7.66. The number of fused-ring (bicyclic) bond motifs is 1. The number of hydrogen-bond acceptors (Lipinski definition) is 5. The average molecular weight is 418 g/mol. The molecule has 0 spiro atoms. The van der Waals surface area contributed by atoms with E-state index in [1.165, 1.54) is 23.6 Å². The molecule has 1 N–H and O–H groups in total. The topological polar surface area (TPSA) is 73.6 Å². The lowest BCUT2D eigenvalue weighted by Crippen LogP contribution is -2.08. The van der Waals surface area contributed by atoms with Crippen molar-refractivity contribution in [1.29, 1.82) is 0 Å². The molecule has 0 radical (unpaired) electrons. The highest BCUT2D eigenvalue weighted by Gasteiger charge is 2.13. The molecule has 0 aliphatic heterocycles. The Labute approximate surface area is 181 Å². The average Bonchev–Trinajstić information content (AvgIpc) is 3.36. The van der Waals surface area contributed by atoms with Gasteiger partial charge in [0.15, 0.2) is 11.5 Å². The second kappa shape index (κ2) is 9.08. The van der Waals surface area contributed by atoms with Gasteiger partial charge in [-0.15, -0.1) is 0 Å². The van der Waals surface area contributed by atoms with Crippen LogP contribution in [0, 0.1) is 13.8 Å². The van der Waals surface area contributed by atoms with Gasteiger partial charge in [0.25, 0.3) is 0 Å². The summed E-state index contributed by atoms with van der Waals surface area (Å²) in [6, 6.07) is 11.7. The van der Waals surface area contributed by atoms with Gasteiger partial charge in [0.05, 0.1) is 18.4 Å². The fraction of sp³-hybridized carbons (Fsp3) is 0.280. The summed E-state index contributed by atoms with van der Waals surface area (Å²) in [6.45, 7) is 4.08. The third kappa shape index (κ3) is 4.79. The highest BCUT2D eigenvalue weighted by Crippen LogP contribution is 2.30. The van der Waals surface area contributed by atoms with Gasteiger partial charge >= 0.3 is 0 Å². The predicted octanol–water partition coefficient (Wildman–Crippen LogP) is 5.02. The summed E-state index contributed by atoms with van der Waals surface area (Å²) in [5, 5.41) is 6.87. The minimum Gasteiger partial charge on any atom is -0.493 e. The maximum atomic E-state index is 12.3. The molecule has 3 aromatic rings. The zero-order valence-electron chi connectivity index (χ0n) is 18.0. The number of ether oxygens (including phenoxy) is 2. The van der Waals surface area contributed by atoms with Gasteiger partial charge in [-0.3, -0.25) is 4.79 Å². The van der Waals surface area contributed by atoms with Gasteiger partial charge in [-0.1, -0.05) is 17.3 Å². The van der Waals surface area contributed by atoms with Crippen LogP contribution in [0.2, 0.25) is 0 Å². The van der Waals surface area contributed by atoms with Crippen molar-refractivity contribution in [2.75, 3.05) is 12.4 Å². The molecule has 6 nitrogen and oxygen atoms in total. The second-order valence-corrected chi connectivity index (χ2v) is 7.66. The summed E-state index contributed by atoms with van der Waals surface area (Å²) in [6.07, 6.45) is 6.67. The normalized spacial score (nSPS) is 12.7. The van der Waals surface area contributed by atoms with Crippen molar-refractivity contribution in [3.63, 3.8) is 0 Å². The van der Waals surface area contributed by atoms with E-state index in [4.69, 9.17) is 14.0 Å². The number of aryl methyl sites for hydroxylation is 4. The van der Waals surface area contributed by atoms with E-state index < -0.39 is 0 Å². The molecule has 160 valence electrons. The fourth-order valence-electron chi connectivity index (χ4n) is 3.77. The summed E-state index contributed by atoms with van der Waals surface area (Å²) >= 11 is 0. The van der Waals surface area contributed by atoms with E-state index in [0.717, 1.165) is 41.1 Å². The minimum absolute atomic E-state index is 0.171. The largest absolute Gasteiger partial charge is 0.493 e. The van der Waals surface area contributed by atoms with Crippen molar-refractivity contribution in [3.05, 3.63) is 76.2 Å². The Morgan fingerprint density at radius 1 is 1.13 bits per heavy atom. The number of hydrogen-bond donors (Lipinski definition) is 1. The number of anilines is 1. The zero-order valence-corrected chi connectivity index (χ0v) is 18.0. The van der Waals surface area contributed by atoms with E-state index in [1.54, 1.807) is 13.2 Å². The molecule has 31 heavy (non-hydrogen) atoms. The maximum absolute atomic E-state index is 12.3. The van der Waals surface area contributed by atoms with Crippen LogP contribution in [0.25, 0.3) is 6.08 Å². The number of benzene rings is 2. The van der Waals surface area contributed by atoms with Gasteiger partial charge in [-0.05, 0) is 80.1 Å². The number of nitrogens with zero attached hydrogens (tertiary/aromatic N) is 1. The number of aromatic nitrogens is 1. The van der Waals surface area contributed by atoms with Crippen molar-refractivity contribution < 1.29 is 18.8 Å². The molecule has 1 aliphatic carbocycles. The summed E-state index contributed by atoms with van der Waals surface area (Å²) < 4.78 is 16.5. The third-order valence-electron chi connectivity index (χ3n) is 5.53. The van der Waals surface area contributed by atoms with Crippen molar-refractivity contribution in [2.24, 2.45) is 0 Å². The van der Waals surface area contributed by atoms with E-state index in [1.807, 2.05) is 38.1 Å². The van der Waals surface area contributed by atoms with Gasteiger partial charge in [-0.25, -0.2) is 0 Å². The monoisotopic (exact) mass is 418 g/mol. The van der Waals surface area contributed by atoms with Crippen LogP contribution in [0.1, 0.15) is 40.1 Å². The minimum atomic E-state index is -0.171. The lowest BCUT2D eigenvalue weighted by Gasteiger charge is -2.11. The van der Waals surface area contributed by atoms with Crippen LogP contribution in [-0.2, 0) is 24.2 Å². The molecular formula is C25H26N2O4. The maximum Gasteiger partial charge on any atom is 0.248 e. The first kappa shape index (κ1) is 20.7. The quantitative estimate of drug-likeness (QED) is 0.546.